The van der Waals surface area contributed by atoms with Crippen molar-refractivity contribution in [3.63, 3.8) is 0 Å². The van der Waals surface area contributed by atoms with Crippen molar-refractivity contribution in [2.45, 2.75) is 12.8 Å². The van der Waals surface area contributed by atoms with Crippen LogP contribution in [0.3, 0.4) is 0 Å². The number of amides is 1. The third-order valence-corrected chi connectivity index (χ3v) is 4.24. The molecule has 0 bridgehead atoms. The summed E-state index contributed by atoms with van der Waals surface area (Å²) in [7, 11) is 0. The third-order valence-electron chi connectivity index (χ3n) is 4.24. The highest BCUT2D eigenvalue weighted by Gasteiger charge is 2.41. The predicted molar refractivity (Wildman–Crippen MR) is 71.5 cm³/mol. The molecule has 2 aliphatic rings. The van der Waals surface area contributed by atoms with E-state index < -0.39 is 11.9 Å². The summed E-state index contributed by atoms with van der Waals surface area (Å²) in [5.74, 6) is -0.856. The summed E-state index contributed by atoms with van der Waals surface area (Å²) in [5.41, 5.74) is 0.906. The minimum absolute atomic E-state index is 0.00554. The molecule has 2 heterocycles. The number of aliphatic carboxylic acids is 1. The highest BCUT2D eigenvalue weighted by molar-refractivity contribution is 5.86. The monoisotopic (exact) mass is 275 g/mol. The molecule has 1 amide bonds. The van der Waals surface area contributed by atoms with Gasteiger partial charge >= 0.3 is 5.97 Å². The second-order valence-corrected chi connectivity index (χ2v) is 5.57. The Kier molecular flexibility index (Phi) is 3.12. The first-order chi connectivity index (χ1) is 9.58. The molecule has 106 valence electrons. The smallest absolute Gasteiger partial charge is 0.308 e. The first-order valence-electron chi connectivity index (χ1n) is 6.81. The summed E-state index contributed by atoms with van der Waals surface area (Å²) in [6, 6.07) is 7.53. The zero-order valence-corrected chi connectivity index (χ0v) is 11.3. The molecule has 0 aromatic heterocycles. The number of likely N-dealkylation sites (tertiary alicyclic amines) is 1. The zero-order valence-electron chi connectivity index (χ0n) is 11.3. The average Bonchev–Trinajstić information content (AvgIpc) is 3.01. The number of nitrogens with zero attached hydrogens (tertiary/aromatic N) is 1. The molecule has 20 heavy (non-hydrogen) atoms. The van der Waals surface area contributed by atoms with E-state index in [0.29, 0.717) is 19.7 Å². The fraction of sp³-hybridized carbons (Fsp3) is 0.467. The van der Waals surface area contributed by atoms with E-state index in [1.165, 1.54) is 0 Å². The van der Waals surface area contributed by atoms with E-state index in [1.54, 1.807) is 4.90 Å². The summed E-state index contributed by atoms with van der Waals surface area (Å²) in [6.07, 6.45) is 0. The van der Waals surface area contributed by atoms with E-state index in [9.17, 15) is 9.59 Å². The number of carboxylic acids is 1. The summed E-state index contributed by atoms with van der Waals surface area (Å²) in [6.45, 7) is 3.04. The van der Waals surface area contributed by atoms with E-state index in [0.717, 1.165) is 11.3 Å². The second kappa shape index (κ2) is 4.81. The third kappa shape index (κ3) is 2.03. The summed E-state index contributed by atoms with van der Waals surface area (Å²) < 4.78 is 5.53. The van der Waals surface area contributed by atoms with Gasteiger partial charge in [-0.25, -0.2) is 0 Å². The summed E-state index contributed by atoms with van der Waals surface area (Å²) in [5, 5.41) is 9.14. The molecular formula is C15H17NO4. The molecule has 2 aliphatic heterocycles. The van der Waals surface area contributed by atoms with Crippen molar-refractivity contribution < 1.29 is 19.4 Å². The number of fused-ring (bicyclic) bond motifs is 1. The van der Waals surface area contributed by atoms with Crippen LogP contribution in [-0.2, 0) is 9.59 Å². The fourth-order valence-electron chi connectivity index (χ4n) is 3.06. The van der Waals surface area contributed by atoms with Gasteiger partial charge in [-0.05, 0) is 12.0 Å². The van der Waals surface area contributed by atoms with Gasteiger partial charge in [0.05, 0.1) is 5.92 Å². The minimum atomic E-state index is -0.823. The van der Waals surface area contributed by atoms with E-state index >= 15 is 0 Å². The van der Waals surface area contributed by atoms with Gasteiger partial charge in [0.25, 0.3) is 0 Å². The van der Waals surface area contributed by atoms with Crippen LogP contribution in [-0.4, -0.2) is 41.6 Å². The Bertz CT molecular complexity index is 557. The van der Waals surface area contributed by atoms with E-state index in [1.807, 2.05) is 31.2 Å². The van der Waals surface area contributed by atoms with Gasteiger partial charge in [0, 0.05) is 18.7 Å². The molecule has 1 fully saturated rings. The summed E-state index contributed by atoms with van der Waals surface area (Å²) >= 11 is 0. The molecule has 1 saturated heterocycles. The molecule has 1 N–H and O–H groups in total. The lowest BCUT2D eigenvalue weighted by Crippen LogP contribution is -2.34. The number of carboxylic acid groups (broad SMARTS) is 1. The highest BCUT2D eigenvalue weighted by atomic mass is 16.5. The quantitative estimate of drug-likeness (QED) is 0.884. The maximum Gasteiger partial charge on any atom is 0.308 e. The largest absolute Gasteiger partial charge is 0.492 e. The Morgan fingerprint density at radius 2 is 2.05 bits per heavy atom. The van der Waals surface area contributed by atoms with Crippen molar-refractivity contribution in [2.24, 2.45) is 11.8 Å². The standard InChI is InChI=1S/C15H17NO4/c1-9-6-16(7-11(9)15(18)19)14(17)12-8-20-13-5-3-2-4-10(12)13/h2-5,9,11-12H,6-8H2,1H3,(H,18,19). The van der Waals surface area contributed by atoms with E-state index in [4.69, 9.17) is 9.84 Å². The van der Waals surface area contributed by atoms with Crippen LogP contribution in [0.15, 0.2) is 24.3 Å². The Morgan fingerprint density at radius 3 is 2.75 bits per heavy atom. The van der Waals surface area contributed by atoms with Crippen LogP contribution >= 0.6 is 0 Å². The zero-order chi connectivity index (χ0) is 14.3. The lowest BCUT2D eigenvalue weighted by atomic mass is 9.99. The van der Waals surface area contributed by atoms with Crippen LogP contribution in [0.5, 0.6) is 5.75 Å². The van der Waals surface area contributed by atoms with Crippen LogP contribution in [0, 0.1) is 11.8 Å². The van der Waals surface area contributed by atoms with Crippen molar-refractivity contribution in [1.29, 1.82) is 0 Å². The minimum Gasteiger partial charge on any atom is -0.492 e. The number of carbonyl (C=O) groups excluding carboxylic acids is 1. The molecule has 5 nitrogen and oxygen atoms in total. The van der Waals surface area contributed by atoms with Crippen molar-refractivity contribution in [3.8, 4) is 5.75 Å². The maximum atomic E-state index is 12.6. The lowest BCUT2D eigenvalue weighted by Gasteiger charge is -2.19. The average molecular weight is 275 g/mol. The summed E-state index contributed by atoms with van der Waals surface area (Å²) in [4.78, 5) is 25.4. The van der Waals surface area contributed by atoms with E-state index in [2.05, 4.69) is 0 Å². The van der Waals surface area contributed by atoms with Gasteiger partial charge in [0.2, 0.25) is 5.91 Å². The van der Waals surface area contributed by atoms with Crippen LogP contribution in [0.1, 0.15) is 18.4 Å². The van der Waals surface area contributed by atoms with Gasteiger partial charge in [-0.3, -0.25) is 9.59 Å². The first-order valence-corrected chi connectivity index (χ1v) is 6.81. The number of rotatable bonds is 2. The molecule has 5 heteroatoms. The normalized spacial score (nSPS) is 28.1. The van der Waals surface area contributed by atoms with E-state index in [-0.39, 0.29) is 17.7 Å². The number of para-hydroxylation sites is 1. The molecule has 0 saturated carbocycles. The molecule has 0 radical (unpaired) electrons. The number of carbonyl (C=O) groups is 2. The SMILES string of the molecule is CC1CN(C(=O)C2COc3ccccc32)CC1C(=O)O. The second-order valence-electron chi connectivity index (χ2n) is 5.57. The molecule has 0 aliphatic carbocycles. The van der Waals surface area contributed by atoms with Crippen molar-refractivity contribution >= 4 is 11.9 Å². The molecule has 3 rings (SSSR count). The van der Waals surface area contributed by atoms with Crippen LogP contribution in [0.2, 0.25) is 0 Å². The number of ether oxygens (including phenoxy) is 1. The Hall–Kier alpha value is -2.04. The molecular weight excluding hydrogens is 258 g/mol. The van der Waals surface area contributed by atoms with Gasteiger partial charge in [0.1, 0.15) is 18.3 Å². The van der Waals surface area contributed by atoms with Crippen LogP contribution < -0.4 is 4.74 Å². The number of hydrogen-bond donors (Lipinski definition) is 1. The fourth-order valence-corrected chi connectivity index (χ4v) is 3.06. The van der Waals surface area contributed by atoms with Gasteiger partial charge in [-0.1, -0.05) is 25.1 Å². The Morgan fingerprint density at radius 1 is 1.30 bits per heavy atom. The highest BCUT2D eigenvalue weighted by Crippen LogP contribution is 2.36. The topological polar surface area (TPSA) is 66.8 Å². The van der Waals surface area contributed by atoms with Crippen LogP contribution in [0.4, 0.5) is 0 Å². The molecule has 3 atom stereocenters. The molecule has 1 aromatic carbocycles. The molecule has 3 unspecified atom stereocenters. The Balaban J connectivity index is 1.77. The molecule has 0 spiro atoms. The molecule has 1 aromatic rings. The van der Waals surface area contributed by atoms with Crippen molar-refractivity contribution in [3.05, 3.63) is 29.8 Å². The number of benzene rings is 1. The Labute approximate surface area is 117 Å². The van der Waals surface area contributed by atoms with Gasteiger partial charge in [-0.15, -0.1) is 0 Å². The van der Waals surface area contributed by atoms with Gasteiger partial charge in [0.15, 0.2) is 0 Å². The van der Waals surface area contributed by atoms with Gasteiger partial charge < -0.3 is 14.7 Å². The first kappa shape index (κ1) is 13.0. The maximum absolute atomic E-state index is 12.6. The lowest BCUT2D eigenvalue weighted by molar-refractivity contribution is -0.142. The number of hydrogen-bond acceptors (Lipinski definition) is 3. The van der Waals surface area contributed by atoms with Gasteiger partial charge in [-0.2, -0.15) is 0 Å². The van der Waals surface area contributed by atoms with Crippen molar-refractivity contribution in [1.82, 2.24) is 4.90 Å². The predicted octanol–water partition coefficient (Wildman–Crippen LogP) is 1.34. The van der Waals surface area contributed by atoms with Crippen LogP contribution in [0.25, 0.3) is 0 Å². The van der Waals surface area contributed by atoms with Crippen molar-refractivity contribution in [2.75, 3.05) is 19.7 Å².